The van der Waals surface area contributed by atoms with Crippen LogP contribution in [0.1, 0.15) is 41.3 Å². The minimum Gasteiger partial charge on any atom is -0.483 e. The summed E-state index contributed by atoms with van der Waals surface area (Å²) < 4.78 is 6.52. The van der Waals surface area contributed by atoms with Crippen molar-refractivity contribution in [2.24, 2.45) is 5.10 Å². The van der Waals surface area contributed by atoms with Gasteiger partial charge in [0.25, 0.3) is 5.91 Å². The fourth-order valence-corrected chi connectivity index (χ4v) is 2.63. The summed E-state index contributed by atoms with van der Waals surface area (Å²) >= 11 is 3.42. The number of carbonyl (C=O) groups excluding carboxylic acids is 1. The van der Waals surface area contributed by atoms with Crippen LogP contribution >= 0.6 is 15.9 Å². The predicted octanol–water partition coefficient (Wildman–Crippen LogP) is 3.80. The normalized spacial score (nSPS) is 10.9. The van der Waals surface area contributed by atoms with Gasteiger partial charge in [-0.05, 0) is 35.7 Å². The zero-order valence-electron chi connectivity index (χ0n) is 14.4. The lowest BCUT2D eigenvalue weighted by Crippen LogP contribution is -2.25. The molecule has 6 nitrogen and oxygen atoms in total. The lowest BCUT2D eigenvalue weighted by Gasteiger charge is -2.13. The molecule has 0 aliphatic heterocycles. The summed E-state index contributed by atoms with van der Waals surface area (Å²) in [6.45, 7) is 3.89. The molecule has 2 N–H and O–H groups in total. The van der Waals surface area contributed by atoms with Crippen molar-refractivity contribution in [3.63, 3.8) is 0 Å². The second kappa shape index (κ2) is 9.15. The molecule has 0 radical (unpaired) electrons. The average Bonchev–Trinajstić information content (AvgIpc) is 2.60. The van der Waals surface area contributed by atoms with Gasteiger partial charge in [-0.25, -0.2) is 10.2 Å². The maximum Gasteiger partial charge on any atom is 0.336 e. The highest BCUT2D eigenvalue weighted by molar-refractivity contribution is 9.10. The number of carboxylic acids is 1. The van der Waals surface area contributed by atoms with Crippen LogP contribution in [0.3, 0.4) is 0 Å². The van der Waals surface area contributed by atoms with Crippen molar-refractivity contribution in [2.45, 2.75) is 19.8 Å². The molecule has 2 aromatic carbocycles. The van der Waals surface area contributed by atoms with Crippen LogP contribution in [0.2, 0.25) is 0 Å². The lowest BCUT2D eigenvalue weighted by atomic mass is 10.0. The maximum absolute atomic E-state index is 11.9. The first kappa shape index (κ1) is 19.7. The van der Waals surface area contributed by atoms with Crippen LogP contribution in [-0.4, -0.2) is 29.8 Å². The van der Waals surface area contributed by atoms with Gasteiger partial charge in [-0.2, -0.15) is 5.10 Å². The summed E-state index contributed by atoms with van der Waals surface area (Å²) in [6.07, 6.45) is 1.29. The van der Waals surface area contributed by atoms with Crippen LogP contribution in [0.4, 0.5) is 0 Å². The van der Waals surface area contributed by atoms with Crippen molar-refractivity contribution in [1.29, 1.82) is 0 Å². The van der Waals surface area contributed by atoms with Gasteiger partial charge in [-0.1, -0.05) is 48.0 Å². The van der Waals surface area contributed by atoms with E-state index in [1.807, 2.05) is 26.0 Å². The number of carboxylic acid groups (broad SMARTS) is 1. The molecule has 7 heteroatoms. The summed E-state index contributed by atoms with van der Waals surface area (Å²) in [7, 11) is 0. The summed E-state index contributed by atoms with van der Waals surface area (Å²) in [4.78, 5) is 23.0. The number of halogens is 1. The third-order valence-corrected chi connectivity index (χ3v) is 4.03. The Morgan fingerprint density at radius 2 is 2.00 bits per heavy atom. The number of carbonyl (C=O) groups is 2. The maximum atomic E-state index is 11.9. The van der Waals surface area contributed by atoms with Crippen molar-refractivity contribution in [2.75, 3.05) is 6.61 Å². The molecule has 0 heterocycles. The smallest absolute Gasteiger partial charge is 0.336 e. The number of amides is 1. The van der Waals surface area contributed by atoms with E-state index >= 15 is 0 Å². The van der Waals surface area contributed by atoms with E-state index in [9.17, 15) is 9.59 Å². The van der Waals surface area contributed by atoms with Gasteiger partial charge in [0.05, 0.1) is 11.8 Å². The highest BCUT2D eigenvalue weighted by atomic mass is 79.9. The number of nitrogens with zero attached hydrogens (tertiary/aromatic N) is 1. The Labute approximate surface area is 160 Å². The lowest BCUT2D eigenvalue weighted by molar-refractivity contribution is -0.123. The van der Waals surface area contributed by atoms with E-state index in [0.717, 1.165) is 10.0 Å². The molecular weight excluding hydrogens is 400 g/mol. The minimum atomic E-state index is -1.06. The molecule has 2 aromatic rings. The topological polar surface area (TPSA) is 88.0 Å². The fourth-order valence-electron chi connectivity index (χ4n) is 2.26. The van der Waals surface area contributed by atoms with Crippen molar-refractivity contribution >= 4 is 34.0 Å². The Morgan fingerprint density at radius 3 is 2.69 bits per heavy atom. The van der Waals surface area contributed by atoms with Crippen LogP contribution in [0.5, 0.6) is 5.75 Å². The zero-order valence-corrected chi connectivity index (χ0v) is 16.0. The predicted molar refractivity (Wildman–Crippen MR) is 103 cm³/mol. The second-order valence-corrected chi connectivity index (χ2v) is 6.73. The highest BCUT2D eigenvalue weighted by Crippen LogP contribution is 2.29. The van der Waals surface area contributed by atoms with Crippen molar-refractivity contribution in [1.82, 2.24) is 5.43 Å². The first-order chi connectivity index (χ1) is 12.4. The molecule has 0 spiro atoms. The number of hydrogen-bond acceptors (Lipinski definition) is 4. The molecule has 1 amide bonds. The van der Waals surface area contributed by atoms with Crippen LogP contribution in [0, 0.1) is 0 Å². The van der Waals surface area contributed by atoms with Crippen molar-refractivity contribution in [3.8, 4) is 5.75 Å². The molecule has 2 rings (SSSR count). The number of benzene rings is 2. The number of hydrogen-bond donors (Lipinski definition) is 2. The van der Waals surface area contributed by atoms with E-state index in [0.29, 0.717) is 11.3 Å². The summed E-state index contributed by atoms with van der Waals surface area (Å²) in [5.41, 5.74) is 3.83. The molecule has 0 aromatic heterocycles. The van der Waals surface area contributed by atoms with Gasteiger partial charge in [0, 0.05) is 10.0 Å². The van der Waals surface area contributed by atoms with E-state index < -0.39 is 11.9 Å². The molecule has 0 bridgehead atoms. The summed E-state index contributed by atoms with van der Waals surface area (Å²) in [5, 5.41) is 12.9. The largest absolute Gasteiger partial charge is 0.483 e. The Kier molecular flexibility index (Phi) is 6.91. The number of aromatic carboxylic acids is 1. The van der Waals surface area contributed by atoms with E-state index in [2.05, 4.69) is 26.5 Å². The molecule has 136 valence electrons. The van der Waals surface area contributed by atoms with Crippen LogP contribution < -0.4 is 10.2 Å². The molecule has 0 atom stereocenters. The molecular formula is C19H19BrN2O4. The Balaban J connectivity index is 1.95. The SMILES string of the molecule is CC(C)c1cc(Br)ccc1OCC(=O)N/N=C/c1ccccc1C(=O)O. The van der Waals surface area contributed by atoms with Gasteiger partial charge in [0.2, 0.25) is 0 Å². The molecule has 0 aliphatic rings. The molecule has 26 heavy (non-hydrogen) atoms. The quantitative estimate of drug-likeness (QED) is 0.528. The van der Waals surface area contributed by atoms with E-state index in [1.54, 1.807) is 24.3 Å². The van der Waals surface area contributed by atoms with E-state index in [4.69, 9.17) is 9.84 Å². The molecule has 0 unspecified atom stereocenters. The highest BCUT2D eigenvalue weighted by Gasteiger charge is 2.11. The van der Waals surface area contributed by atoms with Gasteiger partial charge < -0.3 is 9.84 Å². The van der Waals surface area contributed by atoms with Crippen LogP contribution in [0.15, 0.2) is 52.0 Å². The number of nitrogens with one attached hydrogen (secondary N) is 1. The number of rotatable bonds is 7. The summed E-state index contributed by atoms with van der Waals surface area (Å²) in [5.74, 6) is -0.612. The molecule has 0 saturated carbocycles. The molecule has 0 aliphatic carbocycles. The van der Waals surface area contributed by atoms with Gasteiger partial charge in [0.1, 0.15) is 5.75 Å². The first-order valence-corrected chi connectivity index (χ1v) is 8.74. The Hall–Kier alpha value is -2.67. The number of hydrazone groups is 1. The minimum absolute atomic E-state index is 0.109. The zero-order chi connectivity index (χ0) is 19.1. The molecule has 0 saturated heterocycles. The van der Waals surface area contributed by atoms with Gasteiger partial charge in [-0.15, -0.1) is 0 Å². The Bertz CT molecular complexity index is 834. The van der Waals surface area contributed by atoms with Gasteiger partial charge >= 0.3 is 5.97 Å². The monoisotopic (exact) mass is 418 g/mol. The van der Waals surface area contributed by atoms with Gasteiger partial charge in [0.15, 0.2) is 6.61 Å². The number of ether oxygens (including phenoxy) is 1. The van der Waals surface area contributed by atoms with Crippen LogP contribution in [0.25, 0.3) is 0 Å². The first-order valence-electron chi connectivity index (χ1n) is 7.95. The van der Waals surface area contributed by atoms with E-state index in [-0.39, 0.29) is 18.1 Å². The van der Waals surface area contributed by atoms with Crippen LogP contribution in [-0.2, 0) is 4.79 Å². The third kappa shape index (κ3) is 5.42. The summed E-state index contributed by atoms with van der Waals surface area (Å²) in [6, 6.07) is 12.0. The molecule has 0 fully saturated rings. The van der Waals surface area contributed by atoms with Gasteiger partial charge in [-0.3, -0.25) is 4.79 Å². The second-order valence-electron chi connectivity index (χ2n) is 5.81. The Morgan fingerprint density at radius 1 is 1.27 bits per heavy atom. The standard InChI is InChI=1S/C19H19BrN2O4/c1-12(2)16-9-14(20)7-8-17(16)26-11-18(23)22-21-10-13-5-3-4-6-15(13)19(24)25/h3-10,12H,11H2,1-2H3,(H,22,23)(H,24,25)/b21-10+. The van der Waals surface area contributed by atoms with Crippen molar-refractivity contribution < 1.29 is 19.4 Å². The van der Waals surface area contributed by atoms with Crippen molar-refractivity contribution in [3.05, 3.63) is 63.6 Å². The fraction of sp³-hybridized carbons (Fsp3) is 0.211. The van der Waals surface area contributed by atoms with E-state index in [1.165, 1.54) is 12.3 Å². The third-order valence-electron chi connectivity index (χ3n) is 3.54. The average molecular weight is 419 g/mol.